The number of anilines is 1. The smallest absolute Gasteiger partial charge is 0.303 e. The van der Waals surface area contributed by atoms with Gasteiger partial charge in [0, 0.05) is 32.6 Å². The summed E-state index contributed by atoms with van der Waals surface area (Å²) < 4.78 is 33.2. The van der Waals surface area contributed by atoms with Crippen molar-refractivity contribution < 1.29 is 52.4 Å². The van der Waals surface area contributed by atoms with Gasteiger partial charge in [0.05, 0.1) is 12.8 Å². The zero-order chi connectivity index (χ0) is 32.0. The number of benzene rings is 1. The topological polar surface area (TPSA) is 156 Å². The van der Waals surface area contributed by atoms with Gasteiger partial charge in [-0.1, -0.05) is 17.8 Å². The second-order valence-electron chi connectivity index (χ2n) is 9.46. The Bertz CT molecular complexity index is 1460. The van der Waals surface area contributed by atoms with Crippen molar-refractivity contribution in [3.63, 3.8) is 0 Å². The van der Waals surface area contributed by atoms with E-state index in [2.05, 4.69) is 4.99 Å². The number of aliphatic imine (C=N–C) groups is 1. The lowest BCUT2D eigenvalue weighted by molar-refractivity contribution is -0.237. The molecule has 0 aliphatic carbocycles. The van der Waals surface area contributed by atoms with Crippen molar-refractivity contribution in [2.45, 2.75) is 57.5 Å². The SMILES string of the molecule is COc1ccc(N2C(=O)/C(=C\c3cccs3)N=C2S[C@@H]2O[C@H](COC(C)=O)[C@H](OC(C)=O)[C@H](OC(C)=O)[C@@H]2OC(C)=O)cc1. The van der Waals surface area contributed by atoms with Crippen LogP contribution in [0.1, 0.15) is 32.6 Å². The van der Waals surface area contributed by atoms with Crippen LogP contribution in [-0.4, -0.2) is 78.5 Å². The average molecular weight is 647 g/mol. The summed E-state index contributed by atoms with van der Waals surface area (Å²) >= 11 is 2.34. The molecular weight excluding hydrogens is 616 g/mol. The molecular formula is C29H30N2O11S2. The number of methoxy groups -OCH3 is 1. The van der Waals surface area contributed by atoms with Gasteiger partial charge in [-0.25, -0.2) is 4.99 Å². The monoisotopic (exact) mass is 646 g/mol. The Morgan fingerprint density at radius 3 is 2.14 bits per heavy atom. The molecule has 1 saturated heterocycles. The van der Waals surface area contributed by atoms with Gasteiger partial charge < -0.3 is 28.4 Å². The van der Waals surface area contributed by atoms with Crippen LogP contribution in [0.15, 0.2) is 52.5 Å². The van der Waals surface area contributed by atoms with Crippen LogP contribution >= 0.6 is 23.1 Å². The third kappa shape index (κ3) is 8.03. The Balaban J connectivity index is 1.78. The van der Waals surface area contributed by atoms with Crippen molar-refractivity contribution in [2.75, 3.05) is 18.6 Å². The Kier molecular flexibility index (Phi) is 10.8. The highest BCUT2D eigenvalue weighted by Crippen LogP contribution is 2.39. The van der Waals surface area contributed by atoms with Crippen LogP contribution in [0.5, 0.6) is 5.75 Å². The highest BCUT2D eigenvalue weighted by molar-refractivity contribution is 8.14. The fourth-order valence-electron chi connectivity index (χ4n) is 4.43. The van der Waals surface area contributed by atoms with E-state index in [0.717, 1.165) is 37.4 Å². The van der Waals surface area contributed by atoms with Crippen LogP contribution in [0, 0.1) is 0 Å². The van der Waals surface area contributed by atoms with Gasteiger partial charge in [-0.05, 0) is 41.8 Å². The number of thioether (sulfide) groups is 1. The van der Waals surface area contributed by atoms with Crippen molar-refractivity contribution in [3.8, 4) is 5.75 Å². The number of amides is 1. The van der Waals surface area contributed by atoms with Crippen molar-refractivity contribution in [1.82, 2.24) is 0 Å². The van der Waals surface area contributed by atoms with E-state index in [1.165, 1.54) is 30.3 Å². The minimum absolute atomic E-state index is 0.136. The largest absolute Gasteiger partial charge is 0.497 e. The standard InChI is InChI=1S/C29H30N2O11S2/c1-15(32)38-14-23-24(39-16(2)33)25(40-17(3)34)26(41-18(4)35)28(42-23)44-29-30-22(13-21-7-6-12-43-21)27(36)31(29)19-8-10-20(37-5)11-9-19/h6-13,23-26,28H,14H2,1-5H3/b22-13+/t23-,24+,25+,26+,28+/m1/s1. The van der Waals surface area contributed by atoms with Crippen LogP contribution in [0.4, 0.5) is 5.69 Å². The Hall–Kier alpha value is -4.21. The maximum atomic E-state index is 13.7. The molecule has 1 aromatic heterocycles. The van der Waals surface area contributed by atoms with Gasteiger partial charge >= 0.3 is 23.9 Å². The van der Waals surface area contributed by atoms with Crippen LogP contribution in [-0.2, 0) is 47.7 Å². The third-order valence-corrected chi connectivity index (χ3v) is 8.07. The van der Waals surface area contributed by atoms with E-state index in [9.17, 15) is 24.0 Å². The van der Waals surface area contributed by atoms with Gasteiger partial charge in [0.15, 0.2) is 28.9 Å². The number of carbonyl (C=O) groups excluding carboxylic acids is 5. The third-order valence-electron chi connectivity index (χ3n) is 6.15. The van der Waals surface area contributed by atoms with Crippen LogP contribution in [0.2, 0.25) is 0 Å². The summed E-state index contributed by atoms with van der Waals surface area (Å²) in [7, 11) is 1.52. The molecule has 0 bridgehead atoms. The Labute approximate surface area is 261 Å². The van der Waals surface area contributed by atoms with Gasteiger partial charge in [0.2, 0.25) is 0 Å². The first-order chi connectivity index (χ1) is 21.0. The number of hydrogen-bond donors (Lipinski definition) is 0. The van der Waals surface area contributed by atoms with Gasteiger partial charge in [-0.15, -0.1) is 11.3 Å². The lowest BCUT2D eigenvalue weighted by Crippen LogP contribution is -2.61. The fourth-order valence-corrected chi connectivity index (χ4v) is 6.28. The molecule has 44 heavy (non-hydrogen) atoms. The summed E-state index contributed by atoms with van der Waals surface area (Å²) in [5, 5.41) is 2.02. The maximum Gasteiger partial charge on any atom is 0.303 e. The van der Waals surface area contributed by atoms with Crippen LogP contribution in [0.25, 0.3) is 6.08 Å². The summed E-state index contributed by atoms with van der Waals surface area (Å²) in [6.07, 6.45) is -3.51. The Morgan fingerprint density at radius 1 is 0.932 bits per heavy atom. The Morgan fingerprint density at radius 2 is 1.57 bits per heavy atom. The average Bonchev–Trinajstić information content (AvgIpc) is 3.58. The second kappa shape index (κ2) is 14.5. The molecule has 0 unspecified atom stereocenters. The molecule has 4 rings (SSSR count). The number of hydrogen-bond acceptors (Lipinski definition) is 14. The normalized spacial score (nSPS) is 24.0. The van der Waals surface area contributed by atoms with E-state index in [1.807, 2.05) is 17.5 Å². The van der Waals surface area contributed by atoms with E-state index >= 15 is 0 Å². The molecule has 1 amide bonds. The molecule has 3 heterocycles. The number of amidine groups is 1. The van der Waals surface area contributed by atoms with Crippen LogP contribution < -0.4 is 9.64 Å². The van der Waals surface area contributed by atoms with Crippen molar-refractivity contribution in [2.24, 2.45) is 4.99 Å². The lowest BCUT2D eigenvalue weighted by atomic mass is 9.99. The molecule has 0 radical (unpaired) electrons. The molecule has 5 atom stereocenters. The van der Waals surface area contributed by atoms with Gasteiger partial charge in [-0.2, -0.15) is 0 Å². The molecule has 15 heteroatoms. The molecule has 13 nitrogen and oxygen atoms in total. The van der Waals surface area contributed by atoms with Gasteiger partial charge in [-0.3, -0.25) is 28.9 Å². The minimum atomic E-state index is -1.36. The minimum Gasteiger partial charge on any atom is -0.497 e. The highest BCUT2D eigenvalue weighted by Gasteiger charge is 2.53. The number of thiophene rings is 1. The summed E-state index contributed by atoms with van der Waals surface area (Å²) in [6.45, 7) is 4.24. The molecule has 0 N–H and O–H groups in total. The van der Waals surface area contributed by atoms with E-state index in [4.69, 9.17) is 28.4 Å². The predicted octanol–water partition coefficient (Wildman–Crippen LogP) is 3.32. The van der Waals surface area contributed by atoms with Crippen molar-refractivity contribution in [3.05, 3.63) is 52.4 Å². The molecule has 1 aromatic carbocycles. The van der Waals surface area contributed by atoms with E-state index in [0.29, 0.717) is 11.4 Å². The molecule has 2 aromatic rings. The predicted molar refractivity (Wildman–Crippen MR) is 160 cm³/mol. The number of nitrogens with zero attached hydrogens (tertiary/aromatic N) is 2. The van der Waals surface area contributed by atoms with Gasteiger partial charge in [0.25, 0.3) is 5.91 Å². The first-order valence-electron chi connectivity index (χ1n) is 13.3. The molecule has 2 aliphatic rings. The van der Waals surface area contributed by atoms with E-state index < -0.39 is 59.6 Å². The zero-order valence-corrected chi connectivity index (χ0v) is 26.0. The van der Waals surface area contributed by atoms with Crippen molar-refractivity contribution in [1.29, 1.82) is 0 Å². The zero-order valence-electron chi connectivity index (χ0n) is 24.4. The second-order valence-corrected chi connectivity index (χ2v) is 11.5. The van der Waals surface area contributed by atoms with Crippen LogP contribution in [0.3, 0.4) is 0 Å². The summed E-state index contributed by atoms with van der Waals surface area (Å²) in [5.74, 6) is -2.73. The molecule has 2 aliphatic heterocycles. The summed E-state index contributed by atoms with van der Waals surface area (Å²) in [6, 6.07) is 10.4. The van der Waals surface area contributed by atoms with E-state index in [1.54, 1.807) is 30.3 Å². The lowest BCUT2D eigenvalue weighted by Gasteiger charge is -2.44. The fraction of sp³-hybridized carbons (Fsp3) is 0.379. The first-order valence-corrected chi connectivity index (χ1v) is 15.0. The van der Waals surface area contributed by atoms with Crippen molar-refractivity contribution >= 4 is 69.8 Å². The molecule has 0 spiro atoms. The first kappa shape index (κ1) is 32.7. The summed E-state index contributed by atoms with van der Waals surface area (Å²) in [5.41, 5.74) is -0.581. The number of carbonyl (C=O) groups is 5. The quantitative estimate of drug-likeness (QED) is 0.223. The highest BCUT2D eigenvalue weighted by atomic mass is 32.2. The molecule has 1 fully saturated rings. The summed E-state index contributed by atoms with van der Waals surface area (Å²) in [4.78, 5) is 68.6. The number of rotatable bonds is 9. The van der Waals surface area contributed by atoms with Gasteiger partial charge in [0.1, 0.15) is 24.2 Å². The maximum absolute atomic E-state index is 13.7. The number of esters is 4. The van der Waals surface area contributed by atoms with E-state index in [-0.39, 0.29) is 17.5 Å². The molecule has 0 saturated carbocycles. The number of ether oxygens (including phenoxy) is 6. The molecule has 234 valence electrons.